The first kappa shape index (κ1) is 32.2. The number of unbranched alkanes of at least 4 members (excludes halogenated alkanes) is 10. The lowest BCUT2D eigenvalue weighted by molar-refractivity contribution is 0.0589. The summed E-state index contributed by atoms with van der Waals surface area (Å²) in [5.41, 5.74) is 4.21. The zero-order valence-corrected chi connectivity index (χ0v) is 29.0. The Morgan fingerprint density at radius 3 is 1.22 bits per heavy atom. The van der Waals surface area contributed by atoms with E-state index in [-0.39, 0.29) is 23.6 Å². The smallest absolute Gasteiger partial charge is 0.263 e. The molecular formula is C42H44N4O4. The molecule has 0 fully saturated rings. The Balaban J connectivity index is 1.39. The van der Waals surface area contributed by atoms with E-state index in [9.17, 15) is 19.2 Å². The summed E-state index contributed by atoms with van der Waals surface area (Å²) in [7, 11) is 0. The molecule has 8 rings (SSSR count). The van der Waals surface area contributed by atoms with Gasteiger partial charge in [-0.15, -0.1) is 0 Å². The highest BCUT2D eigenvalue weighted by molar-refractivity contribution is 6.45. The SMILES string of the molecule is CCCCCCCCN1C(=O)c2c3[nH]c4ccccc4c3c3c4c(c5[nH]c6ccccc6c5c(c24)C1=O)C(=O)N(CCCCCCCC)C3=O. The maximum Gasteiger partial charge on any atom is 0.263 e. The summed E-state index contributed by atoms with van der Waals surface area (Å²) in [6.45, 7) is 4.99. The Morgan fingerprint density at radius 1 is 0.440 bits per heavy atom. The molecule has 2 aliphatic heterocycles. The van der Waals surface area contributed by atoms with Crippen LogP contribution in [0, 0.1) is 0 Å². The van der Waals surface area contributed by atoms with Crippen molar-refractivity contribution in [1.82, 2.24) is 19.8 Å². The lowest BCUT2D eigenvalue weighted by atomic mass is 9.81. The Morgan fingerprint density at radius 2 is 0.800 bits per heavy atom. The fourth-order valence-electron chi connectivity index (χ4n) is 8.51. The third-order valence-corrected chi connectivity index (χ3v) is 11.0. The Labute approximate surface area is 291 Å². The maximum absolute atomic E-state index is 14.8. The minimum Gasteiger partial charge on any atom is -0.354 e. The Bertz CT molecular complexity index is 2200. The van der Waals surface area contributed by atoms with Crippen LogP contribution in [0.3, 0.4) is 0 Å². The molecule has 2 aromatic heterocycles. The van der Waals surface area contributed by atoms with Gasteiger partial charge in [-0.05, 0) is 25.0 Å². The lowest BCUT2D eigenvalue weighted by Gasteiger charge is -2.33. The van der Waals surface area contributed by atoms with E-state index in [1.54, 1.807) is 0 Å². The molecule has 0 atom stereocenters. The van der Waals surface area contributed by atoms with Gasteiger partial charge >= 0.3 is 0 Å². The highest BCUT2D eigenvalue weighted by atomic mass is 16.2. The number of H-pyrrole nitrogens is 2. The first-order chi connectivity index (χ1) is 24.5. The molecule has 0 bridgehead atoms. The standard InChI is InChI=1S/C42H44N4O4/c1-3-5-7-9-11-17-23-45-39(47)33-29-25-19-13-15-21-27(25)44-38(29)36-32-31(33)35(41(45)49)37-30(26-20-14-16-22-28(26)43-37)34(32)40(48)46(42(36)50)24-18-12-10-8-6-4-2/h13-16,19-22,43-44H,3-12,17-18,23-24H2,1-2H3. The van der Waals surface area contributed by atoms with E-state index in [1.807, 2.05) is 48.5 Å². The maximum atomic E-state index is 14.8. The largest absolute Gasteiger partial charge is 0.354 e. The molecule has 0 saturated carbocycles. The monoisotopic (exact) mass is 668 g/mol. The van der Waals surface area contributed by atoms with Crippen molar-refractivity contribution >= 4 is 78.0 Å². The summed E-state index contributed by atoms with van der Waals surface area (Å²) in [6, 6.07) is 15.5. The molecule has 2 aliphatic rings. The molecule has 0 unspecified atom stereocenters. The molecule has 4 heterocycles. The molecule has 256 valence electrons. The van der Waals surface area contributed by atoms with Crippen molar-refractivity contribution in [2.75, 3.05) is 13.1 Å². The highest BCUT2D eigenvalue weighted by Gasteiger charge is 2.45. The highest BCUT2D eigenvalue weighted by Crippen LogP contribution is 2.49. The van der Waals surface area contributed by atoms with E-state index in [4.69, 9.17) is 0 Å². The molecule has 50 heavy (non-hydrogen) atoms. The van der Waals surface area contributed by atoms with Crippen LogP contribution in [-0.2, 0) is 0 Å². The van der Waals surface area contributed by atoms with Crippen molar-refractivity contribution in [3.05, 3.63) is 70.8 Å². The van der Waals surface area contributed by atoms with Gasteiger partial charge in [-0.2, -0.15) is 0 Å². The van der Waals surface area contributed by atoms with Crippen molar-refractivity contribution in [3.8, 4) is 0 Å². The average molecular weight is 669 g/mol. The van der Waals surface area contributed by atoms with Gasteiger partial charge in [0, 0.05) is 56.4 Å². The van der Waals surface area contributed by atoms with Gasteiger partial charge < -0.3 is 9.97 Å². The number of nitrogens with zero attached hydrogens (tertiary/aromatic N) is 2. The molecule has 0 spiro atoms. The molecule has 2 N–H and O–H groups in total. The van der Waals surface area contributed by atoms with E-state index in [0.717, 1.165) is 73.2 Å². The minimum absolute atomic E-state index is 0.309. The molecular weight excluding hydrogens is 624 g/mol. The molecule has 0 aliphatic carbocycles. The second-order valence-electron chi connectivity index (χ2n) is 14.2. The average Bonchev–Trinajstić information content (AvgIpc) is 3.70. The first-order valence-corrected chi connectivity index (χ1v) is 18.7. The van der Waals surface area contributed by atoms with E-state index in [2.05, 4.69) is 23.8 Å². The molecule has 8 heteroatoms. The summed E-state index contributed by atoms with van der Waals surface area (Å²) in [5.74, 6) is -1.49. The number of imide groups is 2. The molecule has 8 nitrogen and oxygen atoms in total. The third-order valence-electron chi connectivity index (χ3n) is 11.0. The summed E-state index contributed by atoms with van der Waals surface area (Å²) >= 11 is 0. The van der Waals surface area contributed by atoms with Crippen LogP contribution in [0.25, 0.3) is 54.4 Å². The van der Waals surface area contributed by atoms with E-state index < -0.39 is 0 Å². The fourth-order valence-corrected chi connectivity index (χ4v) is 8.51. The van der Waals surface area contributed by atoms with Crippen LogP contribution in [0.1, 0.15) is 132 Å². The van der Waals surface area contributed by atoms with Crippen LogP contribution in [0.2, 0.25) is 0 Å². The number of rotatable bonds is 14. The van der Waals surface area contributed by atoms with Gasteiger partial charge in [-0.25, -0.2) is 0 Å². The normalized spacial score (nSPS) is 14.6. The molecule has 4 aromatic carbocycles. The lowest BCUT2D eigenvalue weighted by Crippen LogP contribution is -2.44. The second-order valence-corrected chi connectivity index (χ2v) is 14.2. The predicted molar refractivity (Wildman–Crippen MR) is 200 cm³/mol. The van der Waals surface area contributed by atoms with Crippen molar-refractivity contribution in [1.29, 1.82) is 0 Å². The van der Waals surface area contributed by atoms with Crippen molar-refractivity contribution in [2.45, 2.75) is 90.9 Å². The van der Waals surface area contributed by atoms with E-state index >= 15 is 0 Å². The minimum atomic E-state index is -0.376. The number of carbonyl (C=O) groups is 4. The van der Waals surface area contributed by atoms with Gasteiger partial charge in [0.15, 0.2) is 0 Å². The van der Waals surface area contributed by atoms with Gasteiger partial charge in [0.2, 0.25) is 0 Å². The zero-order chi connectivity index (χ0) is 34.5. The van der Waals surface area contributed by atoms with Crippen LogP contribution >= 0.6 is 0 Å². The fraction of sp³-hybridized carbons (Fsp3) is 0.381. The number of hydrogen-bond acceptors (Lipinski definition) is 4. The van der Waals surface area contributed by atoms with Gasteiger partial charge in [-0.1, -0.05) is 114 Å². The number of aromatic amines is 2. The van der Waals surface area contributed by atoms with Crippen molar-refractivity contribution < 1.29 is 19.2 Å². The number of para-hydroxylation sites is 2. The summed E-state index contributed by atoms with van der Waals surface area (Å²) in [4.78, 5) is 68.7. The molecule has 4 amide bonds. The van der Waals surface area contributed by atoms with Gasteiger partial charge in [0.05, 0.1) is 33.3 Å². The summed E-state index contributed by atoms with van der Waals surface area (Å²) in [5, 5.41) is 3.74. The van der Waals surface area contributed by atoms with Crippen LogP contribution in [0.15, 0.2) is 48.5 Å². The number of benzene rings is 4. The summed E-state index contributed by atoms with van der Waals surface area (Å²) < 4.78 is 0. The first-order valence-electron chi connectivity index (χ1n) is 18.7. The number of nitrogens with one attached hydrogen (secondary N) is 2. The number of fused-ring (bicyclic) bond motifs is 10. The second kappa shape index (κ2) is 13.0. The Kier molecular flexibility index (Phi) is 8.41. The number of hydrogen-bond donors (Lipinski definition) is 2. The van der Waals surface area contributed by atoms with Gasteiger partial charge in [0.1, 0.15) is 0 Å². The van der Waals surface area contributed by atoms with E-state index in [1.165, 1.54) is 22.6 Å². The van der Waals surface area contributed by atoms with Gasteiger partial charge in [0.25, 0.3) is 23.6 Å². The van der Waals surface area contributed by atoms with Crippen molar-refractivity contribution in [2.24, 2.45) is 0 Å². The quantitative estimate of drug-likeness (QED) is 0.0890. The number of aromatic nitrogens is 2. The van der Waals surface area contributed by atoms with Crippen LogP contribution in [-0.4, -0.2) is 56.5 Å². The summed E-state index contributed by atoms with van der Waals surface area (Å²) in [6.07, 6.45) is 12.3. The molecule has 6 aromatic rings. The Hall–Kier alpha value is -4.98. The predicted octanol–water partition coefficient (Wildman–Crippen LogP) is 10.0. The third kappa shape index (κ3) is 4.86. The van der Waals surface area contributed by atoms with Crippen LogP contribution in [0.4, 0.5) is 0 Å². The number of amides is 4. The van der Waals surface area contributed by atoms with Gasteiger partial charge in [-0.3, -0.25) is 29.0 Å². The van der Waals surface area contributed by atoms with Crippen molar-refractivity contribution in [3.63, 3.8) is 0 Å². The van der Waals surface area contributed by atoms with E-state index in [0.29, 0.717) is 80.8 Å². The molecule has 0 radical (unpaired) electrons. The molecule has 0 saturated heterocycles. The zero-order valence-electron chi connectivity index (χ0n) is 29.0. The van der Waals surface area contributed by atoms with Crippen LogP contribution < -0.4 is 0 Å². The topological polar surface area (TPSA) is 106 Å². The van der Waals surface area contributed by atoms with Crippen LogP contribution in [0.5, 0.6) is 0 Å². The number of carbonyl (C=O) groups excluding carboxylic acids is 4.